The molecular weight excluding hydrogens is 346 g/mol. The minimum atomic E-state index is -0.601. The van der Waals surface area contributed by atoms with E-state index in [-0.39, 0.29) is 29.0 Å². The lowest BCUT2D eigenvalue weighted by molar-refractivity contribution is -0.115. The van der Waals surface area contributed by atoms with Crippen molar-refractivity contribution >= 4 is 29.0 Å². The third-order valence-electron chi connectivity index (χ3n) is 4.01. The van der Waals surface area contributed by atoms with Crippen LogP contribution in [-0.2, 0) is 25.3 Å². The Hall–Kier alpha value is -2.87. The highest BCUT2D eigenvalue weighted by molar-refractivity contribution is 6.30. The van der Waals surface area contributed by atoms with Crippen molar-refractivity contribution in [1.29, 1.82) is 0 Å². The zero-order valence-corrected chi connectivity index (χ0v) is 14.7. The predicted octanol–water partition coefficient (Wildman–Crippen LogP) is 0.875. The lowest BCUT2D eigenvalue weighted by Crippen LogP contribution is -2.41. The van der Waals surface area contributed by atoms with Crippen molar-refractivity contribution in [2.75, 3.05) is 5.32 Å². The SMILES string of the molecule is Cc1ccccc1NC(=O)Cc1c(Cl)nc2n(C)c(=O)n(C)c(=O)n12. The number of hydrogen-bond donors (Lipinski definition) is 1. The van der Waals surface area contributed by atoms with Gasteiger partial charge in [0, 0.05) is 19.8 Å². The fraction of sp³-hybridized carbons (Fsp3) is 0.250. The summed E-state index contributed by atoms with van der Waals surface area (Å²) in [6.45, 7) is 1.88. The van der Waals surface area contributed by atoms with Gasteiger partial charge in [0.05, 0.1) is 12.1 Å². The van der Waals surface area contributed by atoms with Gasteiger partial charge in [0.1, 0.15) is 0 Å². The van der Waals surface area contributed by atoms with Gasteiger partial charge in [0.2, 0.25) is 11.7 Å². The number of anilines is 1. The molecule has 0 spiro atoms. The molecule has 0 aliphatic rings. The van der Waals surface area contributed by atoms with Crippen molar-refractivity contribution in [3.63, 3.8) is 0 Å². The van der Waals surface area contributed by atoms with E-state index in [1.165, 1.54) is 23.1 Å². The first-order valence-electron chi connectivity index (χ1n) is 7.49. The summed E-state index contributed by atoms with van der Waals surface area (Å²) in [5.74, 6) is -0.245. The average Bonchev–Trinajstić information content (AvgIpc) is 2.90. The van der Waals surface area contributed by atoms with Crippen LogP contribution in [0.25, 0.3) is 5.78 Å². The molecule has 0 bridgehead atoms. The first-order valence-corrected chi connectivity index (χ1v) is 7.87. The van der Waals surface area contributed by atoms with Crippen molar-refractivity contribution in [2.24, 2.45) is 14.1 Å². The lowest BCUT2D eigenvalue weighted by atomic mass is 10.2. The van der Waals surface area contributed by atoms with E-state index in [9.17, 15) is 14.4 Å². The summed E-state index contributed by atoms with van der Waals surface area (Å²) < 4.78 is 3.32. The second kappa shape index (κ2) is 6.21. The molecule has 9 heteroatoms. The van der Waals surface area contributed by atoms with E-state index in [1.807, 2.05) is 25.1 Å². The second-order valence-electron chi connectivity index (χ2n) is 5.71. The topological polar surface area (TPSA) is 90.4 Å². The number of carbonyl (C=O) groups is 1. The number of fused-ring (bicyclic) bond motifs is 1. The third kappa shape index (κ3) is 2.85. The first-order chi connectivity index (χ1) is 11.8. The number of hydrogen-bond acceptors (Lipinski definition) is 4. The lowest BCUT2D eigenvalue weighted by Gasteiger charge is -2.09. The molecule has 3 aromatic rings. The molecule has 25 heavy (non-hydrogen) atoms. The van der Waals surface area contributed by atoms with Crippen LogP contribution in [0.1, 0.15) is 11.3 Å². The van der Waals surface area contributed by atoms with Gasteiger partial charge >= 0.3 is 11.4 Å². The van der Waals surface area contributed by atoms with Gasteiger partial charge in [-0.1, -0.05) is 29.8 Å². The second-order valence-corrected chi connectivity index (χ2v) is 6.07. The van der Waals surface area contributed by atoms with Crippen molar-refractivity contribution in [3.05, 3.63) is 61.6 Å². The Bertz CT molecular complexity index is 1110. The summed E-state index contributed by atoms with van der Waals surface area (Å²) in [4.78, 5) is 40.8. The van der Waals surface area contributed by atoms with E-state index in [2.05, 4.69) is 10.3 Å². The molecule has 0 aliphatic carbocycles. The number of halogens is 1. The van der Waals surface area contributed by atoms with Crippen LogP contribution < -0.4 is 16.7 Å². The van der Waals surface area contributed by atoms with Crippen LogP contribution in [-0.4, -0.2) is 24.4 Å². The number of rotatable bonds is 3. The van der Waals surface area contributed by atoms with E-state index in [1.54, 1.807) is 6.07 Å². The van der Waals surface area contributed by atoms with Crippen LogP contribution in [0.5, 0.6) is 0 Å². The molecule has 0 aliphatic heterocycles. The Balaban J connectivity index is 2.04. The predicted molar refractivity (Wildman–Crippen MR) is 94.2 cm³/mol. The number of aryl methyl sites for hydroxylation is 2. The summed E-state index contributed by atoms with van der Waals surface area (Å²) in [5, 5.41) is 2.80. The maximum Gasteiger partial charge on any atom is 0.339 e. The average molecular weight is 362 g/mol. The molecule has 3 rings (SSSR count). The van der Waals surface area contributed by atoms with Crippen LogP contribution in [0, 0.1) is 6.92 Å². The number of nitrogens with one attached hydrogen (secondary N) is 1. The monoisotopic (exact) mass is 361 g/mol. The molecule has 0 fully saturated rings. The molecule has 0 radical (unpaired) electrons. The Morgan fingerprint density at radius 1 is 1.16 bits per heavy atom. The quantitative estimate of drug-likeness (QED) is 0.749. The van der Waals surface area contributed by atoms with Gasteiger partial charge in [-0.05, 0) is 18.6 Å². The van der Waals surface area contributed by atoms with Gasteiger partial charge in [0.15, 0.2) is 5.15 Å². The number of para-hydroxylation sites is 1. The highest BCUT2D eigenvalue weighted by Gasteiger charge is 2.20. The fourth-order valence-electron chi connectivity index (χ4n) is 2.60. The standard InChI is InChI=1S/C16H16ClN5O3/c1-9-6-4-5-7-10(9)18-12(23)8-11-13(17)19-14-20(2)15(24)21(3)16(25)22(11)14/h4-7H,8H2,1-3H3,(H,18,23). The Morgan fingerprint density at radius 2 is 1.84 bits per heavy atom. The summed E-state index contributed by atoms with van der Waals surface area (Å²) in [6.07, 6.45) is -0.151. The van der Waals surface area contributed by atoms with E-state index in [0.29, 0.717) is 5.69 Å². The van der Waals surface area contributed by atoms with E-state index < -0.39 is 11.4 Å². The molecule has 1 amide bonds. The van der Waals surface area contributed by atoms with Crippen molar-refractivity contribution in [3.8, 4) is 0 Å². The highest BCUT2D eigenvalue weighted by atomic mass is 35.5. The fourth-order valence-corrected chi connectivity index (χ4v) is 2.82. The van der Waals surface area contributed by atoms with Crippen LogP contribution in [0.3, 0.4) is 0 Å². The molecule has 2 heterocycles. The molecule has 130 valence electrons. The summed E-state index contributed by atoms with van der Waals surface area (Å²) in [6, 6.07) is 7.35. The van der Waals surface area contributed by atoms with Crippen LogP contribution in [0.4, 0.5) is 5.69 Å². The van der Waals surface area contributed by atoms with Crippen LogP contribution in [0.2, 0.25) is 5.15 Å². The number of imidazole rings is 1. The van der Waals surface area contributed by atoms with Gasteiger partial charge in [-0.25, -0.2) is 18.6 Å². The maximum absolute atomic E-state index is 12.4. The van der Waals surface area contributed by atoms with Crippen molar-refractivity contribution < 1.29 is 4.79 Å². The van der Waals surface area contributed by atoms with Gasteiger partial charge in [-0.15, -0.1) is 0 Å². The maximum atomic E-state index is 12.4. The van der Waals surface area contributed by atoms with E-state index in [0.717, 1.165) is 10.1 Å². The third-order valence-corrected chi connectivity index (χ3v) is 4.31. The number of amides is 1. The smallest absolute Gasteiger partial charge is 0.326 e. The van der Waals surface area contributed by atoms with Gasteiger partial charge in [0.25, 0.3) is 0 Å². The number of carbonyl (C=O) groups excluding carboxylic acids is 1. The van der Waals surface area contributed by atoms with Gasteiger partial charge in [-0.2, -0.15) is 4.98 Å². The zero-order valence-electron chi connectivity index (χ0n) is 13.9. The Labute approximate surface area is 147 Å². The molecule has 1 aromatic carbocycles. The Morgan fingerprint density at radius 3 is 2.52 bits per heavy atom. The van der Waals surface area contributed by atoms with Crippen molar-refractivity contribution in [1.82, 2.24) is 18.5 Å². The van der Waals surface area contributed by atoms with E-state index in [4.69, 9.17) is 11.6 Å². The van der Waals surface area contributed by atoms with Gasteiger partial charge in [-0.3, -0.25) is 9.36 Å². The largest absolute Gasteiger partial charge is 0.339 e. The van der Waals surface area contributed by atoms with E-state index >= 15 is 0 Å². The summed E-state index contributed by atoms with van der Waals surface area (Å²) >= 11 is 6.12. The molecular formula is C16H16ClN5O3. The zero-order chi connectivity index (χ0) is 18.3. The molecule has 0 saturated carbocycles. The van der Waals surface area contributed by atoms with Crippen LogP contribution in [0.15, 0.2) is 33.9 Å². The van der Waals surface area contributed by atoms with Crippen LogP contribution >= 0.6 is 11.6 Å². The molecule has 0 saturated heterocycles. The summed E-state index contributed by atoms with van der Waals surface area (Å²) in [5.41, 5.74) is 0.710. The first kappa shape index (κ1) is 17.0. The number of aromatic nitrogens is 4. The highest BCUT2D eigenvalue weighted by Crippen LogP contribution is 2.18. The summed E-state index contributed by atoms with van der Waals surface area (Å²) in [7, 11) is 2.84. The minimum absolute atomic E-state index is 0.0123. The number of benzene rings is 1. The molecule has 0 unspecified atom stereocenters. The molecule has 8 nitrogen and oxygen atoms in total. The van der Waals surface area contributed by atoms with Crippen molar-refractivity contribution in [2.45, 2.75) is 13.3 Å². The number of nitrogens with zero attached hydrogens (tertiary/aromatic N) is 4. The molecule has 1 N–H and O–H groups in total. The molecule has 2 aromatic heterocycles. The Kier molecular flexibility index (Phi) is 4.22. The minimum Gasteiger partial charge on any atom is -0.326 e. The normalized spacial score (nSPS) is 11.0. The molecule has 0 atom stereocenters. The van der Waals surface area contributed by atoms with Gasteiger partial charge < -0.3 is 5.32 Å².